The number of carboxylic acids is 1. The predicted molar refractivity (Wildman–Crippen MR) is 233 cm³/mol. The third kappa shape index (κ3) is 18.3. The zero-order valence-electron chi connectivity index (χ0n) is 37.1. The van der Waals surface area contributed by atoms with E-state index in [4.69, 9.17) is 23.7 Å². The topological polar surface area (TPSA) is 228 Å². The molecule has 0 heterocycles. The Morgan fingerprint density at radius 2 is 0.968 bits per heavy atom. The minimum atomic E-state index is -1.32. The molecule has 2 atom stereocenters. The first kappa shape index (κ1) is 50.4. The summed E-state index contributed by atoms with van der Waals surface area (Å²) in [4.78, 5) is 60.7. The molecular weight excluding hydrogens is 815 g/mol. The minimum Gasteiger partial charge on any atom is -0.504 e. The molecule has 0 aliphatic rings. The number of methoxy groups -OCH3 is 1. The maximum atomic E-state index is 13.0. The van der Waals surface area contributed by atoms with Crippen LogP contribution >= 0.6 is 0 Å². The molecule has 340 valence electrons. The Bertz CT molecular complexity index is 2150. The van der Waals surface area contributed by atoms with Gasteiger partial charge in [0.25, 0.3) is 0 Å². The number of phenols is 2. The van der Waals surface area contributed by atoms with Gasteiger partial charge in [0.05, 0.1) is 7.11 Å². The summed E-state index contributed by atoms with van der Waals surface area (Å²) in [6.07, 6.45) is -1.59. The Morgan fingerprint density at radius 3 is 1.33 bits per heavy atom. The number of carbonyl (C=O) groups is 5. The smallest absolute Gasteiger partial charge is 0.408 e. The highest BCUT2D eigenvalue weighted by molar-refractivity contribution is 5.91. The van der Waals surface area contributed by atoms with Gasteiger partial charge in [0.15, 0.2) is 23.0 Å². The third-order valence-corrected chi connectivity index (χ3v) is 8.53. The minimum absolute atomic E-state index is 0.0128. The molecule has 16 nitrogen and oxygen atoms in total. The number of carbonyl (C=O) groups excluding carboxylic acids is 4. The van der Waals surface area contributed by atoms with E-state index >= 15 is 0 Å². The average molecular weight is 874 g/mol. The number of aliphatic carboxylic acids is 1. The van der Waals surface area contributed by atoms with Crippen molar-refractivity contribution in [1.82, 2.24) is 16.0 Å². The molecule has 4 aromatic rings. The van der Waals surface area contributed by atoms with E-state index < -0.39 is 58.9 Å². The lowest BCUT2D eigenvalue weighted by Crippen LogP contribution is -2.57. The van der Waals surface area contributed by atoms with Crippen molar-refractivity contribution < 1.29 is 63.0 Å². The van der Waals surface area contributed by atoms with E-state index in [-0.39, 0.29) is 36.7 Å². The van der Waals surface area contributed by atoms with Gasteiger partial charge in [0.2, 0.25) is 5.91 Å². The van der Waals surface area contributed by atoms with Crippen LogP contribution in [-0.2, 0) is 54.6 Å². The zero-order valence-corrected chi connectivity index (χ0v) is 37.1. The average Bonchev–Trinajstić information content (AvgIpc) is 3.18. The molecule has 0 radical (unpaired) electrons. The van der Waals surface area contributed by atoms with Crippen molar-refractivity contribution >= 4 is 30.0 Å². The van der Waals surface area contributed by atoms with Crippen LogP contribution in [0.4, 0.5) is 9.59 Å². The number of esters is 1. The van der Waals surface area contributed by atoms with Crippen LogP contribution < -0.4 is 25.4 Å². The molecule has 0 saturated carbocycles. The van der Waals surface area contributed by atoms with Crippen molar-refractivity contribution in [1.29, 1.82) is 0 Å². The SMILES string of the molecule is CC(C)(C)OC(=O)N[C@@H](Cc1ccc(OCc2ccccc2)c(O)c1)C(=O)O.COC(=O)C(C)(C)NC(=O)[C@H](Cc1ccc(OCc2ccccc2)c(O)c1)NC(=O)OC(C)(C)C. The molecule has 0 aromatic heterocycles. The zero-order chi connectivity index (χ0) is 47.0. The van der Waals surface area contributed by atoms with Gasteiger partial charge in [0, 0.05) is 12.8 Å². The van der Waals surface area contributed by atoms with Crippen LogP contribution in [0.2, 0.25) is 0 Å². The number of benzene rings is 4. The fourth-order valence-corrected chi connectivity index (χ4v) is 5.58. The van der Waals surface area contributed by atoms with Crippen LogP contribution in [0, 0.1) is 0 Å². The summed E-state index contributed by atoms with van der Waals surface area (Å²) in [6.45, 7) is 13.7. The number of phenolic OH excluding ortho intramolecular Hbond substituents is 2. The van der Waals surface area contributed by atoms with E-state index in [2.05, 4.69) is 16.0 Å². The third-order valence-electron chi connectivity index (χ3n) is 8.53. The number of hydrogen-bond acceptors (Lipinski definition) is 12. The second-order valence-corrected chi connectivity index (χ2v) is 16.9. The summed E-state index contributed by atoms with van der Waals surface area (Å²) in [5.74, 6) is -2.09. The Morgan fingerprint density at radius 1 is 0.571 bits per heavy atom. The highest BCUT2D eigenvalue weighted by Gasteiger charge is 2.34. The first-order chi connectivity index (χ1) is 29.4. The second-order valence-electron chi connectivity index (χ2n) is 16.9. The lowest BCUT2D eigenvalue weighted by molar-refractivity contribution is -0.149. The number of carboxylic acid groups (broad SMARTS) is 1. The van der Waals surface area contributed by atoms with Crippen LogP contribution in [0.25, 0.3) is 0 Å². The van der Waals surface area contributed by atoms with Gasteiger partial charge in [-0.15, -0.1) is 0 Å². The van der Waals surface area contributed by atoms with Crippen molar-refractivity contribution in [2.75, 3.05) is 7.11 Å². The van der Waals surface area contributed by atoms with Gasteiger partial charge in [-0.2, -0.15) is 0 Å². The first-order valence-corrected chi connectivity index (χ1v) is 20.0. The molecule has 0 fully saturated rings. The van der Waals surface area contributed by atoms with Crippen LogP contribution in [0.1, 0.15) is 77.6 Å². The molecule has 16 heteroatoms. The molecule has 0 aliphatic heterocycles. The van der Waals surface area contributed by atoms with Gasteiger partial charge in [-0.1, -0.05) is 72.8 Å². The van der Waals surface area contributed by atoms with Gasteiger partial charge >= 0.3 is 24.1 Å². The normalized spacial score (nSPS) is 12.2. The van der Waals surface area contributed by atoms with Crippen molar-refractivity contribution in [3.05, 3.63) is 119 Å². The van der Waals surface area contributed by atoms with Crippen molar-refractivity contribution in [3.63, 3.8) is 0 Å². The van der Waals surface area contributed by atoms with Crippen LogP contribution in [0.3, 0.4) is 0 Å². The number of hydrogen-bond donors (Lipinski definition) is 6. The Kier molecular flexibility index (Phi) is 18.2. The summed E-state index contributed by atoms with van der Waals surface area (Å²) in [7, 11) is 1.22. The van der Waals surface area contributed by atoms with Gasteiger partial charge in [-0.3, -0.25) is 4.79 Å². The molecule has 6 N–H and O–H groups in total. The Balaban J connectivity index is 0.000000344. The number of rotatable bonds is 16. The number of amides is 3. The molecule has 0 bridgehead atoms. The number of ether oxygens (including phenoxy) is 5. The molecule has 0 spiro atoms. The maximum Gasteiger partial charge on any atom is 0.408 e. The number of aromatic hydroxyl groups is 2. The quantitative estimate of drug-likeness (QED) is 0.0495. The summed E-state index contributed by atoms with van der Waals surface area (Å²) in [6, 6.07) is 26.1. The summed E-state index contributed by atoms with van der Waals surface area (Å²) in [5, 5.41) is 37.4. The molecule has 0 unspecified atom stereocenters. The predicted octanol–water partition coefficient (Wildman–Crippen LogP) is 6.97. The summed E-state index contributed by atoms with van der Waals surface area (Å²) < 4.78 is 26.4. The Labute approximate surface area is 367 Å². The fraction of sp³-hybridized carbons (Fsp3) is 0.383. The van der Waals surface area contributed by atoms with E-state index in [1.807, 2.05) is 60.7 Å². The van der Waals surface area contributed by atoms with E-state index in [0.29, 0.717) is 23.5 Å². The molecule has 0 aliphatic carbocycles. The van der Waals surface area contributed by atoms with E-state index in [1.165, 1.54) is 33.1 Å². The monoisotopic (exact) mass is 873 g/mol. The van der Waals surface area contributed by atoms with E-state index in [0.717, 1.165) is 11.1 Å². The molecule has 3 amide bonds. The fourth-order valence-electron chi connectivity index (χ4n) is 5.58. The van der Waals surface area contributed by atoms with Crippen LogP contribution in [-0.4, -0.2) is 81.3 Å². The van der Waals surface area contributed by atoms with Gasteiger partial charge in [-0.05, 0) is 102 Å². The lowest BCUT2D eigenvalue weighted by Gasteiger charge is -2.28. The maximum absolute atomic E-state index is 13.0. The summed E-state index contributed by atoms with van der Waals surface area (Å²) in [5.41, 5.74) is 0.169. The van der Waals surface area contributed by atoms with Crippen molar-refractivity contribution in [3.8, 4) is 23.0 Å². The van der Waals surface area contributed by atoms with Crippen LogP contribution in [0.5, 0.6) is 23.0 Å². The molecule has 63 heavy (non-hydrogen) atoms. The van der Waals surface area contributed by atoms with Crippen molar-refractivity contribution in [2.24, 2.45) is 0 Å². The standard InChI is InChI=1S/C26H34N2O7.C21H25NO6/c1-25(2,3)35-24(32)27-19(22(30)28-26(4,5)23(31)33-6)14-18-12-13-21(20(29)15-18)34-16-17-10-8-7-9-11-17;1-21(2,3)28-20(26)22-16(19(24)25)11-15-9-10-18(17(23)12-15)27-13-14-7-5-4-6-8-14/h7-13,15,19,29H,14,16H2,1-6H3,(H,27,32)(H,28,30);4-10,12,16,23H,11,13H2,1-3H3,(H,22,26)(H,24,25)/t19-;16-/m00/s1. The number of alkyl carbamates (subject to hydrolysis) is 2. The Hall–Kier alpha value is -6.97. The van der Waals surface area contributed by atoms with Gasteiger partial charge in [0.1, 0.15) is 42.0 Å². The first-order valence-electron chi connectivity index (χ1n) is 20.0. The van der Waals surface area contributed by atoms with Crippen molar-refractivity contribution in [2.45, 2.75) is 110 Å². The second kappa shape index (κ2) is 22.8. The highest BCUT2D eigenvalue weighted by atomic mass is 16.6. The lowest BCUT2D eigenvalue weighted by atomic mass is 10.0. The number of nitrogens with one attached hydrogen (secondary N) is 3. The molecule has 4 rings (SSSR count). The highest BCUT2D eigenvalue weighted by Crippen LogP contribution is 2.29. The molecule has 0 saturated heterocycles. The van der Waals surface area contributed by atoms with E-state index in [1.54, 1.807) is 65.8 Å². The van der Waals surface area contributed by atoms with Gasteiger partial charge < -0.3 is 55.0 Å². The molecule has 4 aromatic carbocycles. The van der Waals surface area contributed by atoms with Gasteiger partial charge in [-0.25, -0.2) is 19.2 Å². The summed E-state index contributed by atoms with van der Waals surface area (Å²) >= 11 is 0. The largest absolute Gasteiger partial charge is 0.504 e. The molecular formula is C47H59N3O13. The van der Waals surface area contributed by atoms with Crippen LogP contribution in [0.15, 0.2) is 97.1 Å². The van der Waals surface area contributed by atoms with E-state index in [9.17, 15) is 39.3 Å².